The van der Waals surface area contributed by atoms with Gasteiger partial charge in [-0.15, -0.1) is 0 Å². The molecule has 1 atom stereocenters. The summed E-state index contributed by atoms with van der Waals surface area (Å²) in [4.78, 5) is 32.8. The summed E-state index contributed by atoms with van der Waals surface area (Å²) in [6.45, 7) is 3.84. The second-order valence-electron chi connectivity index (χ2n) is 8.37. The fraction of sp³-hybridized carbons (Fsp3) is 0.148. The summed E-state index contributed by atoms with van der Waals surface area (Å²) in [6.07, 6.45) is 0. The Balaban J connectivity index is 1.72. The Morgan fingerprint density at radius 3 is 2.49 bits per heavy atom. The van der Waals surface area contributed by atoms with Crippen LogP contribution >= 0.6 is 27.3 Å². The molecule has 1 N–H and O–H groups in total. The predicted octanol–water partition coefficient (Wildman–Crippen LogP) is 6.31. The Kier molecular flexibility index (Phi) is 5.94. The lowest BCUT2D eigenvalue weighted by Gasteiger charge is -2.23. The van der Waals surface area contributed by atoms with Crippen LogP contribution in [0, 0.1) is 13.8 Å². The Labute approximate surface area is 214 Å². The SMILES string of the molecule is COc1ccc(C(O)=C2C(=O)C(=O)N(c3nc4ccc(C)cc4s3)C2c2ccc(Br)cc2)cc1C. The zero-order valence-electron chi connectivity index (χ0n) is 19.2. The Hall–Kier alpha value is -3.49. The summed E-state index contributed by atoms with van der Waals surface area (Å²) in [5, 5.41) is 11.7. The van der Waals surface area contributed by atoms with E-state index >= 15 is 0 Å². The molecule has 1 unspecified atom stereocenters. The van der Waals surface area contributed by atoms with Gasteiger partial charge in [0.05, 0.1) is 28.9 Å². The monoisotopic (exact) mass is 548 g/mol. The molecule has 0 radical (unpaired) electrons. The minimum Gasteiger partial charge on any atom is -0.507 e. The summed E-state index contributed by atoms with van der Waals surface area (Å²) in [7, 11) is 1.57. The molecule has 3 aromatic carbocycles. The molecule has 8 heteroatoms. The van der Waals surface area contributed by atoms with Gasteiger partial charge in [0.25, 0.3) is 5.78 Å². The Morgan fingerprint density at radius 2 is 1.80 bits per heavy atom. The summed E-state index contributed by atoms with van der Waals surface area (Å²) in [5.41, 5.74) is 3.77. The van der Waals surface area contributed by atoms with E-state index in [0.717, 1.165) is 25.8 Å². The zero-order chi connectivity index (χ0) is 24.9. The number of ether oxygens (including phenoxy) is 1. The topological polar surface area (TPSA) is 79.7 Å². The number of amides is 1. The first-order valence-electron chi connectivity index (χ1n) is 10.9. The minimum absolute atomic E-state index is 0.0253. The lowest BCUT2D eigenvalue weighted by atomic mass is 9.95. The number of aliphatic hydroxyl groups excluding tert-OH is 1. The van der Waals surface area contributed by atoms with Crippen LogP contribution in [0.25, 0.3) is 16.0 Å². The maximum absolute atomic E-state index is 13.4. The van der Waals surface area contributed by atoms with Gasteiger partial charge in [0, 0.05) is 10.0 Å². The van der Waals surface area contributed by atoms with E-state index in [4.69, 9.17) is 4.74 Å². The average Bonchev–Trinajstić information content (AvgIpc) is 3.37. The largest absolute Gasteiger partial charge is 0.507 e. The van der Waals surface area contributed by atoms with Crippen molar-refractivity contribution in [2.75, 3.05) is 12.0 Å². The van der Waals surface area contributed by atoms with Crippen LogP contribution in [0.2, 0.25) is 0 Å². The van der Waals surface area contributed by atoms with E-state index in [2.05, 4.69) is 20.9 Å². The number of methoxy groups -OCH3 is 1. The van der Waals surface area contributed by atoms with Gasteiger partial charge in [-0.3, -0.25) is 14.5 Å². The smallest absolute Gasteiger partial charge is 0.301 e. The quantitative estimate of drug-likeness (QED) is 0.183. The number of anilines is 1. The van der Waals surface area contributed by atoms with Crippen LogP contribution in [0.3, 0.4) is 0 Å². The van der Waals surface area contributed by atoms with Crippen molar-refractivity contribution in [1.29, 1.82) is 0 Å². The highest BCUT2D eigenvalue weighted by molar-refractivity contribution is 9.10. The number of fused-ring (bicyclic) bond motifs is 1. The van der Waals surface area contributed by atoms with Gasteiger partial charge in [0.15, 0.2) is 5.13 Å². The number of aromatic nitrogens is 1. The van der Waals surface area contributed by atoms with Gasteiger partial charge in [-0.2, -0.15) is 0 Å². The van der Waals surface area contributed by atoms with E-state index in [9.17, 15) is 14.7 Å². The number of hydrogen-bond acceptors (Lipinski definition) is 6. The molecule has 1 fully saturated rings. The number of carbonyl (C=O) groups is 2. The molecule has 0 aliphatic carbocycles. The number of rotatable bonds is 4. The van der Waals surface area contributed by atoms with Crippen molar-refractivity contribution >= 4 is 60.1 Å². The van der Waals surface area contributed by atoms with Crippen LogP contribution in [0.4, 0.5) is 5.13 Å². The van der Waals surface area contributed by atoms with E-state index in [0.29, 0.717) is 22.0 Å². The standard InChI is InChI=1S/C27H21BrN2O4S/c1-14-4-10-19-21(12-14)35-27(29-19)30-23(16-5-8-18(28)9-6-16)22(25(32)26(30)33)24(31)17-7-11-20(34-3)15(2)13-17/h4-13,23,31H,1-3H3. The van der Waals surface area contributed by atoms with Gasteiger partial charge in [0.1, 0.15) is 11.5 Å². The second-order valence-corrected chi connectivity index (χ2v) is 10.3. The molecule has 1 aromatic heterocycles. The number of hydrogen-bond donors (Lipinski definition) is 1. The highest BCUT2D eigenvalue weighted by atomic mass is 79.9. The van der Waals surface area contributed by atoms with Crippen LogP contribution in [-0.4, -0.2) is 28.9 Å². The van der Waals surface area contributed by atoms with Gasteiger partial charge in [-0.05, 0) is 73.0 Å². The first kappa shape index (κ1) is 23.3. The molecule has 0 saturated carbocycles. The number of aryl methyl sites for hydroxylation is 2. The summed E-state index contributed by atoms with van der Waals surface area (Å²) < 4.78 is 7.10. The third kappa shape index (κ3) is 4.02. The molecule has 1 aliphatic rings. The van der Waals surface area contributed by atoms with Crippen molar-refractivity contribution < 1.29 is 19.4 Å². The minimum atomic E-state index is -0.827. The number of carbonyl (C=O) groups excluding carboxylic acids is 2. The van der Waals surface area contributed by atoms with Crippen LogP contribution in [0.1, 0.15) is 28.3 Å². The summed E-state index contributed by atoms with van der Waals surface area (Å²) >= 11 is 4.78. The van der Waals surface area contributed by atoms with Gasteiger partial charge in [-0.1, -0.05) is 45.5 Å². The average molecular weight is 549 g/mol. The van der Waals surface area contributed by atoms with E-state index < -0.39 is 17.7 Å². The number of benzene rings is 3. The van der Waals surface area contributed by atoms with Gasteiger partial charge >= 0.3 is 5.91 Å². The number of Topliss-reactive ketones (excluding diaryl/α,β-unsaturated/α-hetero) is 1. The van der Waals surface area contributed by atoms with Gasteiger partial charge in [0.2, 0.25) is 0 Å². The Bertz CT molecular complexity index is 1520. The maximum Gasteiger partial charge on any atom is 0.301 e. The number of thiazole rings is 1. The molecule has 176 valence electrons. The molecule has 2 heterocycles. The fourth-order valence-electron chi connectivity index (χ4n) is 4.29. The van der Waals surface area contributed by atoms with Crippen LogP contribution in [0.15, 0.2) is 70.7 Å². The van der Waals surface area contributed by atoms with Crippen molar-refractivity contribution in [3.05, 3.63) is 93.0 Å². The lowest BCUT2D eigenvalue weighted by Crippen LogP contribution is -2.29. The van der Waals surface area contributed by atoms with Crippen molar-refractivity contribution in [2.24, 2.45) is 0 Å². The molecule has 4 aromatic rings. The Morgan fingerprint density at radius 1 is 1.06 bits per heavy atom. The molecule has 0 bridgehead atoms. The maximum atomic E-state index is 13.4. The first-order chi connectivity index (χ1) is 16.8. The number of nitrogens with zero attached hydrogens (tertiary/aromatic N) is 2. The molecule has 1 amide bonds. The van der Waals surface area contributed by atoms with E-state index in [1.54, 1.807) is 25.3 Å². The van der Waals surface area contributed by atoms with E-state index in [-0.39, 0.29) is 11.3 Å². The van der Waals surface area contributed by atoms with Crippen LogP contribution in [-0.2, 0) is 9.59 Å². The highest BCUT2D eigenvalue weighted by Crippen LogP contribution is 2.44. The fourth-order valence-corrected chi connectivity index (χ4v) is 5.65. The van der Waals surface area contributed by atoms with Crippen molar-refractivity contribution in [3.8, 4) is 5.75 Å². The summed E-state index contributed by atoms with van der Waals surface area (Å²) in [6, 6.07) is 17.5. The number of ketones is 1. The van der Waals surface area contributed by atoms with Crippen LogP contribution in [0.5, 0.6) is 5.75 Å². The molecule has 5 rings (SSSR count). The molecule has 1 aliphatic heterocycles. The number of halogens is 1. The summed E-state index contributed by atoms with van der Waals surface area (Å²) in [5.74, 6) is -1.04. The number of aliphatic hydroxyl groups is 1. The first-order valence-corrected chi connectivity index (χ1v) is 12.5. The van der Waals surface area contributed by atoms with Gasteiger partial charge < -0.3 is 9.84 Å². The van der Waals surface area contributed by atoms with Crippen molar-refractivity contribution in [3.63, 3.8) is 0 Å². The predicted molar refractivity (Wildman–Crippen MR) is 141 cm³/mol. The third-order valence-electron chi connectivity index (χ3n) is 6.04. The molecule has 6 nitrogen and oxygen atoms in total. The van der Waals surface area contributed by atoms with Crippen molar-refractivity contribution in [2.45, 2.75) is 19.9 Å². The normalized spacial score (nSPS) is 17.4. The van der Waals surface area contributed by atoms with Crippen molar-refractivity contribution in [1.82, 2.24) is 4.98 Å². The second kappa shape index (κ2) is 8.94. The van der Waals surface area contributed by atoms with E-state index in [1.165, 1.54) is 16.2 Å². The lowest BCUT2D eigenvalue weighted by molar-refractivity contribution is -0.132. The molecule has 1 saturated heterocycles. The molecule has 35 heavy (non-hydrogen) atoms. The third-order valence-corrected chi connectivity index (χ3v) is 7.58. The van der Waals surface area contributed by atoms with E-state index in [1.807, 2.05) is 56.3 Å². The van der Waals surface area contributed by atoms with Crippen LogP contribution < -0.4 is 9.64 Å². The highest BCUT2D eigenvalue weighted by Gasteiger charge is 2.48. The molecular formula is C27H21BrN2O4S. The van der Waals surface area contributed by atoms with Gasteiger partial charge in [-0.25, -0.2) is 4.98 Å². The zero-order valence-corrected chi connectivity index (χ0v) is 21.6. The molecule has 0 spiro atoms. The molecular weight excluding hydrogens is 528 g/mol.